The number of hydrogen-bond acceptors (Lipinski definition) is 4. The third-order valence-electron chi connectivity index (χ3n) is 4.76. The first-order chi connectivity index (χ1) is 12.0. The Balaban J connectivity index is 0.000000701. The minimum atomic E-state index is -0.437. The summed E-state index contributed by atoms with van der Waals surface area (Å²) in [7, 11) is 0. The van der Waals surface area contributed by atoms with Crippen molar-refractivity contribution in [2.75, 3.05) is 26.2 Å². The minimum absolute atomic E-state index is 0.0741. The van der Waals surface area contributed by atoms with Gasteiger partial charge in [0, 0.05) is 19.5 Å². The summed E-state index contributed by atoms with van der Waals surface area (Å²) >= 11 is 0. The number of β-amino-alcohol motifs (C(OH)–C–C–N with tert-alkyl or cyclic N) is 1. The van der Waals surface area contributed by atoms with E-state index in [4.69, 9.17) is 9.90 Å². The summed E-state index contributed by atoms with van der Waals surface area (Å²) in [5, 5.41) is 17.1. The maximum atomic E-state index is 12.9. The molecule has 0 aromatic heterocycles. The second-order valence-electron chi connectivity index (χ2n) is 6.41. The summed E-state index contributed by atoms with van der Waals surface area (Å²) in [4.78, 5) is 24.8. The zero-order valence-corrected chi connectivity index (χ0v) is 14.2. The fourth-order valence-electron chi connectivity index (χ4n) is 3.47. The molecule has 25 heavy (non-hydrogen) atoms. The number of rotatable bonds is 4. The molecule has 6 nitrogen and oxygen atoms in total. The van der Waals surface area contributed by atoms with Gasteiger partial charge in [-0.2, -0.15) is 0 Å². The Morgan fingerprint density at radius 2 is 1.80 bits per heavy atom. The minimum Gasteiger partial charge on any atom is -0.483 e. The van der Waals surface area contributed by atoms with Crippen LogP contribution in [0, 0.1) is 5.82 Å². The molecule has 2 fully saturated rings. The summed E-state index contributed by atoms with van der Waals surface area (Å²) in [6.45, 7) is 2.87. The van der Waals surface area contributed by atoms with Crippen LogP contribution in [0.15, 0.2) is 24.3 Å². The average Bonchev–Trinajstić information content (AvgIpc) is 3.24. The van der Waals surface area contributed by atoms with Gasteiger partial charge in [-0.1, -0.05) is 12.1 Å². The van der Waals surface area contributed by atoms with Crippen molar-refractivity contribution in [3.63, 3.8) is 0 Å². The SMILES string of the molecule is O=C(CCc1ccc(F)cc1)N1C[C@@H](O)[C@H](N2CCCC2)C1.O=CO. The summed E-state index contributed by atoms with van der Waals surface area (Å²) in [5.41, 5.74) is 0.964. The van der Waals surface area contributed by atoms with Crippen LogP contribution >= 0.6 is 0 Å². The van der Waals surface area contributed by atoms with Crippen molar-refractivity contribution >= 4 is 12.4 Å². The van der Waals surface area contributed by atoms with Gasteiger partial charge in [-0.3, -0.25) is 14.5 Å². The van der Waals surface area contributed by atoms with Crippen LogP contribution in [-0.4, -0.2) is 70.7 Å². The third kappa shape index (κ3) is 5.51. The molecular weight excluding hydrogens is 327 g/mol. The van der Waals surface area contributed by atoms with E-state index in [0.717, 1.165) is 18.7 Å². The van der Waals surface area contributed by atoms with Gasteiger partial charge in [-0.25, -0.2) is 4.39 Å². The van der Waals surface area contributed by atoms with Gasteiger partial charge in [0.15, 0.2) is 0 Å². The van der Waals surface area contributed by atoms with Crippen LogP contribution in [-0.2, 0) is 16.0 Å². The lowest BCUT2D eigenvalue weighted by molar-refractivity contribution is -0.130. The van der Waals surface area contributed by atoms with Crippen LogP contribution in [0.4, 0.5) is 4.39 Å². The molecule has 0 bridgehead atoms. The molecule has 0 aliphatic carbocycles. The largest absolute Gasteiger partial charge is 0.483 e. The maximum Gasteiger partial charge on any atom is 0.290 e. The number of likely N-dealkylation sites (tertiary alicyclic amines) is 2. The summed E-state index contributed by atoms with van der Waals surface area (Å²) in [5.74, 6) is -0.184. The van der Waals surface area contributed by atoms with Crippen LogP contribution in [0.3, 0.4) is 0 Å². The van der Waals surface area contributed by atoms with Crippen molar-refractivity contribution in [1.82, 2.24) is 9.80 Å². The molecule has 2 saturated heterocycles. The van der Waals surface area contributed by atoms with Crippen LogP contribution in [0.5, 0.6) is 0 Å². The van der Waals surface area contributed by atoms with E-state index < -0.39 is 6.10 Å². The topological polar surface area (TPSA) is 81.1 Å². The first-order valence-corrected chi connectivity index (χ1v) is 8.57. The maximum absolute atomic E-state index is 12.9. The highest BCUT2D eigenvalue weighted by Gasteiger charge is 2.38. The van der Waals surface area contributed by atoms with E-state index in [1.165, 1.54) is 25.0 Å². The molecule has 2 atom stereocenters. The van der Waals surface area contributed by atoms with Crippen LogP contribution in [0.1, 0.15) is 24.8 Å². The van der Waals surface area contributed by atoms with Gasteiger partial charge in [0.1, 0.15) is 5.82 Å². The number of aliphatic hydroxyl groups excluding tert-OH is 1. The van der Waals surface area contributed by atoms with Gasteiger partial charge >= 0.3 is 0 Å². The highest BCUT2D eigenvalue weighted by Crippen LogP contribution is 2.21. The first-order valence-electron chi connectivity index (χ1n) is 8.57. The van der Waals surface area contributed by atoms with Crippen molar-refractivity contribution in [2.24, 2.45) is 0 Å². The molecule has 2 N–H and O–H groups in total. The lowest BCUT2D eigenvalue weighted by Crippen LogP contribution is -2.41. The van der Waals surface area contributed by atoms with Crippen molar-refractivity contribution < 1.29 is 24.2 Å². The molecule has 1 amide bonds. The molecule has 0 spiro atoms. The number of aliphatic hydroxyl groups is 1. The van der Waals surface area contributed by atoms with Crippen LogP contribution in [0.25, 0.3) is 0 Å². The van der Waals surface area contributed by atoms with Gasteiger partial charge < -0.3 is 15.1 Å². The molecular formula is C18H25FN2O4. The second kappa shape index (κ2) is 9.48. The lowest BCUT2D eigenvalue weighted by Gasteiger charge is -2.25. The fourth-order valence-corrected chi connectivity index (χ4v) is 3.47. The Labute approximate surface area is 146 Å². The van der Waals surface area contributed by atoms with E-state index in [-0.39, 0.29) is 24.2 Å². The lowest BCUT2D eigenvalue weighted by atomic mass is 10.1. The van der Waals surface area contributed by atoms with Crippen molar-refractivity contribution in [1.29, 1.82) is 0 Å². The zero-order valence-electron chi connectivity index (χ0n) is 14.2. The molecule has 0 saturated carbocycles. The number of halogens is 1. The highest BCUT2D eigenvalue weighted by atomic mass is 19.1. The van der Waals surface area contributed by atoms with Gasteiger partial charge in [0.2, 0.25) is 5.91 Å². The number of nitrogens with zero attached hydrogens (tertiary/aromatic N) is 2. The normalized spacial score (nSPS) is 23.2. The van der Waals surface area contributed by atoms with Gasteiger partial charge in [0.05, 0.1) is 12.1 Å². The third-order valence-corrected chi connectivity index (χ3v) is 4.76. The van der Waals surface area contributed by atoms with Crippen LogP contribution < -0.4 is 0 Å². The number of carboxylic acid groups (broad SMARTS) is 1. The zero-order chi connectivity index (χ0) is 18.2. The summed E-state index contributed by atoms with van der Waals surface area (Å²) in [6.07, 6.45) is 2.95. The Bertz CT molecular complexity index is 561. The number of carbonyl (C=O) groups excluding carboxylic acids is 1. The monoisotopic (exact) mass is 352 g/mol. The molecule has 3 rings (SSSR count). The number of hydrogen-bond donors (Lipinski definition) is 2. The molecule has 2 heterocycles. The molecule has 0 unspecified atom stereocenters. The number of amides is 1. The average molecular weight is 352 g/mol. The summed E-state index contributed by atoms with van der Waals surface area (Å²) < 4.78 is 12.9. The summed E-state index contributed by atoms with van der Waals surface area (Å²) in [6, 6.07) is 6.37. The van der Waals surface area contributed by atoms with E-state index in [1.54, 1.807) is 17.0 Å². The van der Waals surface area contributed by atoms with Crippen molar-refractivity contribution in [2.45, 2.75) is 37.8 Å². The number of benzene rings is 1. The van der Waals surface area contributed by atoms with Crippen LogP contribution in [0.2, 0.25) is 0 Å². The van der Waals surface area contributed by atoms with Gasteiger partial charge in [0.25, 0.3) is 6.47 Å². The van der Waals surface area contributed by atoms with Crippen molar-refractivity contribution in [3.05, 3.63) is 35.6 Å². The predicted octanol–water partition coefficient (Wildman–Crippen LogP) is 1.13. The second-order valence-corrected chi connectivity index (χ2v) is 6.41. The molecule has 7 heteroatoms. The Morgan fingerprint density at radius 1 is 1.20 bits per heavy atom. The van der Waals surface area contributed by atoms with Gasteiger partial charge in [-0.05, 0) is 50.0 Å². The Hall–Kier alpha value is -1.99. The first kappa shape index (κ1) is 19.3. The smallest absolute Gasteiger partial charge is 0.290 e. The van der Waals surface area contributed by atoms with Crippen molar-refractivity contribution in [3.8, 4) is 0 Å². The van der Waals surface area contributed by atoms with E-state index >= 15 is 0 Å². The standard InChI is InChI=1S/C17H23FN2O2.CH2O2/c18-14-6-3-13(4-7-14)5-8-17(22)20-11-15(16(21)12-20)19-9-1-2-10-19;2-1-3/h3-4,6-7,15-16,21H,1-2,5,8-12H2;1H,(H,2,3)/t15-,16-;/m1./s1. The molecule has 0 radical (unpaired) electrons. The molecule has 138 valence electrons. The van der Waals surface area contributed by atoms with E-state index in [2.05, 4.69) is 4.90 Å². The van der Waals surface area contributed by atoms with E-state index in [1.807, 2.05) is 0 Å². The molecule has 1 aromatic carbocycles. The quantitative estimate of drug-likeness (QED) is 0.794. The van der Waals surface area contributed by atoms with Gasteiger partial charge in [-0.15, -0.1) is 0 Å². The predicted molar refractivity (Wildman–Crippen MR) is 90.6 cm³/mol. The molecule has 1 aromatic rings. The Morgan fingerprint density at radius 3 is 2.40 bits per heavy atom. The molecule has 2 aliphatic rings. The van der Waals surface area contributed by atoms with E-state index in [0.29, 0.717) is 25.9 Å². The fraction of sp³-hybridized carbons (Fsp3) is 0.556. The van der Waals surface area contributed by atoms with E-state index in [9.17, 15) is 14.3 Å². The highest BCUT2D eigenvalue weighted by molar-refractivity contribution is 5.77. The number of carbonyl (C=O) groups is 2. The Kier molecular flexibility index (Phi) is 7.33. The number of aryl methyl sites for hydroxylation is 1. The molecule has 2 aliphatic heterocycles.